The van der Waals surface area contributed by atoms with Gasteiger partial charge in [0.25, 0.3) is 5.91 Å². The molecule has 1 fully saturated rings. The number of rotatable bonds is 5. The molecule has 5 N–H and O–H groups in total. The fourth-order valence-electron chi connectivity index (χ4n) is 3.77. The van der Waals surface area contributed by atoms with Crippen LogP contribution in [0.5, 0.6) is 0 Å². The van der Waals surface area contributed by atoms with Gasteiger partial charge >= 0.3 is 0 Å². The van der Waals surface area contributed by atoms with Crippen LogP contribution >= 0.6 is 0 Å². The number of carbonyl (C=O) groups is 1. The first kappa shape index (κ1) is 21.9. The van der Waals surface area contributed by atoms with E-state index in [1.165, 1.54) is 18.3 Å². The van der Waals surface area contributed by atoms with Crippen LogP contribution in [0.25, 0.3) is 11.2 Å². The molecular formula is C23H28FN7O. The highest BCUT2D eigenvalue weighted by molar-refractivity contribution is 6.14. The molecule has 168 valence electrons. The molecule has 0 radical (unpaired) electrons. The van der Waals surface area contributed by atoms with Crippen LogP contribution in [0.15, 0.2) is 30.6 Å². The van der Waals surface area contributed by atoms with Gasteiger partial charge in [-0.3, -0.25) is 10.2 Å². The second kappa shape index (κ2) is 8.66. The summed E-state index contributed by atoms with van der Waals surface area (Å²) in [6.45, 7) is 7.50. The van der Waals surface area contributed by atoms with Crippen molar-refractivity contribution in [1.82, 2.24) is 25.6 Å². The number of halogens is 1. The lowest BCUT2D eigenvalue weighted by molar-refractivity contribution is 0.0921. The zero-order chi connectivity index (χ0) is 22.9. The largest absolute Gasteiger partial charge is 0.382 e. The number of piperidine rings is 1. The van der Waals surface area contributed by atoms with Crippen LogP contribution in [0.3, 0.4) is 0 Å². The summed E-state index contributed by atoms with van der Waals surface area (Å²) in [5, 5.41) is 18.4. The third-order valence-electron chi connectivity index (χ3n) is 5.32. The van der Waals surface area contributed by atoms with Gasteiger partial charge in [0, 0.05) is 29.0 Å². The second-order valence-corrected chi connectivity index (χ2v) is 9.09. The van der Waals surface area contributed by atoms with Gasteiger partial charge in [-0.05, 0) is 64.9 Å². The Balaban J connectivity index is 1.66. The van der Waals surface area contributed by atoms with Gasteiger partial charge in [0.2, 0.25) is 0 Å². The van der Waals surface area contributed by atoms with E-state index in [2.05, 4.69) is 30.9 Å². The van der Waals surface area contributed by atoms with Crippen LogP contribution in [0, 0.1) is 11.2 Å². The number of aromatic amines is 1. The highest BCUT2D eigenvalue weighted by Crippen LogP contribution is 2.24. The van der Waals surface area contributed by atoms with E-state index in [1.807, 2.05) is 20.8 Å². The summed E-state index contributed by atoms with van der Waals surface area (Å²) in [6, 6.07) is 4.53. The maximum atomic E-state index is 14.0. The average Bonchev–Trinajstić information content (AvgIpc) is 3.16. The van der Waals surface area contributed by atoms with Crippen LogP contribution in [-0.2, 0) is 0 Å². The molecule has 3 heterocycles. The van der Waals surface area contributed by atoms with E-state index in [9.17, 15) is 9.18 Å². The topological polar surface area (TPSA) is 119 Å². The summed E-state index contributed by atoms with van der Waals surface area (Å²) in [5.41, 5.74) is 2.34. The predicted octanol–water partition coefficient (Wildman–Crippen LogP) is 3.21. The Morgan fingerprint density at radius 1 is 1.22 bits per heavy atom. The summed E-state index contributed by atoms with van der Waals surface area (Å²) in [4.78, 5) is 24.6. The molecular weight excluding hydrogens is 409 g/mol. The minimum Gasteiger partial charge on any atom is -0.382 e. The van der Waals surface area contributed by atoms with E-state index in [0.717, 1.165) is 25.9 Å². The van der Waals surface area contributed by atoms with Gasteiger partial charge in [0.15, 0.2) is 5.65 Å². The van der Waals surface area contributed by atoms with Crippen molar-refractivity contribution in [2.24, 2.45) is 0 Å². The smallest absolute Gasteiger partial charge is 0.255 e. The number of hydrogen-bond acceptors (Lipinski definition) is 6. The maximum Gasteiger partial charge on any atom is 0.255 e. The van der Waals surface area contributed by atoms with Gasteiger partial charge in [-0.25, -0.2) is 14.4 Å². The molecule has 3 aromatic rings. The monoisotopic (exact) mass is 437 g/mol. The summed E-state index contributed by atoms with van der Waals surface area (Å²) in [6.07, 6.45) is 4.90. The molecule has 1 aliphatic heterocycles. The zero-order valence-corrected chi connectivity index (χ0v) is 18.5. The van der Waals surface area contributed by atoms with Crippen LogP contribution in [-0.4, -0.2) is 51.2 Å². The Kier molecular flexibility index (Phi) is 5.92. The summed E-state index contributed by atoms with van der Waals surface area (Å²) in [5.74, 6) is -0.636. The van der Waals surface area contributed by atoms with Gasteiger partial charge in [-0.2, -0.15) is 0 Å². The molecule has 1 saturated heterocycles. The highest BCUT2D eigenvalue weighted by Gasteiger charge is 2.22. The molecule has 4 rings (SSSR count). The van der Waals surface area contributed by atoms with E-state index in [0.29, 0.717) is 33.7 Å². The number of H-pyrrole nitrogens is 1. The molecule has 0 bridgehead atoms. The standard InChI is InChI=1S/C23H28FN7O/c1-23(2,3)31-22(32)16-11-27-21-20(16)30-18(12-28-21)19(25)15-5-4-13(24)10-17(15)29-14-6-8-26-9-7-14/h4-5,10-12,14,25-26,29H,6-9H2,1-3H3,(H,27,28)(H,31,32). The van der Waals surface area contributed by atoms with Crippen molar-refractivity contribution in [2.75, 3.05) is 18.4 Å². The predicted molar refractivity (Wildman–Crippen MR) is 123 cm³/mol. The zero-order valence-electron chi connectivity index (χ0n) is 18.5. The summed E-state index contributed by atoms with van der Waals surface area (Å²) >= 11 is 0. The minimum atomic E-state index is -0.401. The summed E-state index contributed by atoms with van der Waals surface area (Å²) in [7, 11) is 0. The van der Waals surface area contributed by atoms with Crippen molar-refractivity contribution in [3.8, 4) is 0 Å². The number of aromatic nitrogens is 3. The molecule has 0 saturated carbocycles. The molecule has 0 aliphatic carbocycles. The van der Waals surface area contributed by atoms with Gasteiger partial charge in [0.1, 0.15) is 17.0 Å². The normalized spacial score (nSPS) is 15.0. The van der Waals surface area contributed by atoms with E-state index in [1.54, 1.807) is 12.3 Å². The fourth-order valence-corrected chi connectivity index (χ4v) is 3.77. The van der Waals surface area contributed by atoms with E-state index < -0.39 is 5.54 Å². The van der Waals surface area contributed by atoms with E-state index in [4.69, 9.17) is 5.41 Å². The number of benzene rings is 1. The molecule has 1 aromatic carbocycles. The number of nitrogens with zero attached hydrogens (tertiary/aromatic N) is 2. The fraction of sp³-hybridized carbons (Fsp3) is 0.391. The van der Waals surface area contributed by atoms with Gasteiger partial charge in [-0.1, -0.05) is 0 Å². The number of anilines is 1. The molecule has 2 aromatic heterocycles. The van der Waals surface area contributed by atoms with Crippen LogP contribution in [0.2, 0.25) is 0 Å². The lowest BCUT2D eigenvalue weighted by Crippen LogP contribution is -2.40. The van der Waals surface area contributed by atoms with Crippen molar-refractivity contribution in [1.29, 1.82) is 5.41 Å². The Morgan fingerprint density at radius 3 is 2.69 bits per heavy atom. The maximum absolute atomic E-state index is 14.0. The van der Waals surface area contributed by atoms with Gasteiger partial charge < -0.3 is 20.9 Å². The van der Waals surface area contributed by atoms with Crippen LogP contribution in [0.4, 0.5) is 10.1 Å². The first-order valence-corrected chi connectivity index (χ1v) is 10.7. The lowest BCUT2D eigenvalue weighted by atomic mass is 10.0. The van der Waals surface area contributed by atoms with Gasteiger partial charge in [0.05, 0.1) is 17.5 Å². The van der Waals surface area contributed by atoms with Gasteiger partial charge in [-0.15, -0.1) is 0 Å². The molecule has 32 heavy (non-hydrogen) atoms. The van der Waals surface area contributed by atoms with E-state index in [-0.39, 0.29) is 23.5 Å². The lowest BCUT2D eigenvalue weighted by Gasteiger charge is -2.26. The molecule has 0 unspecified atom stereocenters. The number of carbonyl (C=O) groups excluding carboxylic acids is 1. The summed E-state index contributed by atoms with van der Waals surface area (Å²) < 4.78 is 14.0. The van der Waals surface area contributed by atoms with Crippen molar-refractivity contribution in [3.63, 3.8) is 0 Å². The first-order chi connectivity index (χ1) is 15.2. The quantitative estimate of drug-likeness (QED) is 0.393. The third-order valence-corrected chi connectivity index (χ3v) is 5.32. The van der Waals surface area contributed by atoms with Crippen molar-refractivity contribution in [2.45, 2.75) is 45.2 Å². The van der Waals surface area contributed by atoms with Crippen molar-refractivity contribution >= 4 is 28.5 Å². The SMILES string of the molecule is CC(C)(C)NC(=O)c1c[nH]c2ncc(C(=N)c3ccc(F)cc3NC3CCNCC3)nc12. The Bertz CT molecular complexity index is 1160. The molecule has 9 heteroatoms. The molecule has 1 aliphatic rings. The molecule has 8 nitrogen and oxygen atoms in total. The third kappa shape index (κ3) is 4.77. The second-order valence-electron chi connectivity index (χ2n) is 9.09. The minimum absolute atomic E-state index is 0.110. The Hall–Kier alpha value is -3.33. The molecule has 0 spiro atoms. The Morgan fingerprint density at radius 2 is 1.97 bits per heavy atom. The highest BCUT2D eigenvalue weighted by atomic mass is 19.1. The Labute approximate surface area is 185 Å². The number of hydrogen-bond donors (Lipinski definition) is 5. The number of fused-ring (bicyclic) bond motifs is 1. The van der Waals surface area contributed by atoms with E-state index >= 15 is 0 Å². The molecule has 1 amide bonds. The average molecular weight is 438 g/mol. The molecule has 0 atom stereocenters. The number of amides is 1. The number of nitrogens with one attached hydrogen (secondary N) is 5. The van der Waals surface area contributed by atoms with Crippen LogP contribution in [0.1, 0.15) is 55.2 Å². The first-order valence-electron chi connectivity index (χ1n) is 10.7. The van der Waals surface area contributed by atoms with Crippen molar-refractivity contribution in [3.05, 3.63) is 53.2 Å². The van der Waals surface area contributed by atoms with Crippen molar-refractivity contribution < 1.29 is 9.18 Å². The van der Waals surface area contributed by atoms with Crippen LogP contribution < -0.4 is 16.0 Å².